The fourth-order valence-electron chi connectivity index (χ4n) is 3.84. The molecule has 0 unspecified atom stereocenters. The van der Waals surface area contributed by atoms with Gasteiger partial charge < -0.3 is 4.57 Å². The van der Waals surface area contributed by atoms with Crippen LogP contribution in [0.5, 0.6) is 0 Å². The number of rotatable bonds is 3. The molecule has 0 spiro atoms. The molecule has 1 aliphatic carbocycles. The van der Waals surface area contributed by atoms with E-state index in [0.29, 0.717) is 27.3 Å². The summed E-state index contributed by atoms with van der Waals surface area (Å²) < 4.78 is 20.2. The molecule has 1 saturated carbocycles. The highest BCUT2D eigenvalue weighted by Gasteiger charge is 2.31. The van der Waals surface area contributed by atoms with Crippen LogP contribution < -0.4 is 11.2 Å². The number of halogens is 2. The van der Waals surface area contributed by atoms with Crippen molar-refractivity contribution in [2.45, 2.75) is 44.4 Å². The normalized spacial score (nSPS) is 16.3. The van der Waals surface area contributed by atoms with Crippen molar-refractivity contribution in [2.24, 2.45) is 0 Å². The van der Waals surface area contributed by atoms with Gasteiger partial charge in [-0.2, -0.15) is 0 Å². The van der Waals surface area contributed by atoms with Gasteiger partial charge in [-0.1, -0.05) is 15.9 Å². The van der Waals surface area contributed by atoms with E-state index in [1.54, 1.807) is 27.6 Å². The van der Waals surface area contributed by atoms with E-state index >= 15 is 0 Å². The summed E-state index contributed by atoms with van der Waals surface area (Å²) in [5.41, 5.74) is 2.48. The van der Waals surface area contributed by atoms with Crippen LogP contribution >= 0.6 is 27.9 Å². The molecule has 1 fully saturated rings. The Balaban J connectivity index is 1.94. The Labute approximate surface area is 167 Å². The summed E-state index contributed by atoms with van der Waals surface area (Å²) in [4.78, 5) is 26.3. The van der Waals surface area contributed by atoms with Gasteiger partial charge in [-0.15, -0.1) is 0 Å². The number of hydrogen-bond acceptors (Lipinski definition) is 3. The Kier molecular flexibility index (Phi) is 3.91. The lowest BCUT2D eigenvalue weighted by Crippen LogP contribution is -2.23. The van der Waals surface area contributed by atoms with Crippen molar-refractivity contribution in [3.63, 3.8) is 0 Å². The Morgan fingerprint density at radius 1 is 1.22 bits per heavy atom. The van der Waals surface area contributed by atoms with Crippen molar-refractivity contribution in [2.75, 3.05) is 0 Å². The molecule has 8 heteroatoms. The highest BCUT2D eigenvalue weighted by atomic mass is 79.9. The fourth-order valence-corrected chi connectivity index (χ4v) is 5.29. The molecule has 0 atom stereocenters. The van der Waals surface area contributed by atoms with Gasteiger partial charge in [-0.05, 0) is 62.8 Å². The van der Waals surface area contributed by atoms with Crippen molar-refractivity contribution in [3.8, 4) is 5.69 Å². The molecule has 3 aromatic rings. The number of hydrogen-bond donors (Lipinski definition) is 0. The summed E-state index contributed by atoms with van der Waals surface area (Å²) in [7, 11) is 0. The van der Waals surface area contributed by atoms with Crippen LogP contribution in [-0.4, -0.2) is 18.4 Å². The number of nitrogens with zero attached hydrogens (tertiary/aromatic N) is 3. The molecule has 0 bridgehead atoms. The quantitative estimate of drug-likeness (QED) is 0.611. The molecule has 2 aromatic heterocycles. The van der Waals surface area contributed by atoms with Crippen molar-refractivity contribution in [1.82, 2.24) is 13.1 Å². The van der Waals surface area contributed by atoms with Gasteiger partial charge in [0, 0.05) is 27.5 Å². The molecule has 1 aromatic carbocycles. The fraction of sp³-hybridized carbons (Fsp3) is 0.368. The summed E-state index contributed by atoms with van der Waals surface area (Å²) in [5, 5.41) is 0.408. The van der Waals surface area contributed by atoms with E-state index in [2.05, 4.69) is 15.9 Å². The first-order valence-electron chi connectivity index (χ1n) is 8.99. The maximum atomic E-state index is 14.7. The van der Waals surface area contributed by atoms with E-state index in [9.17, 15) is 14.0 Å². The van der Waals surface area contributed by atoms with Crippen LogP contribution in [0, 0.1) is 12.7 Å². The Bertz CT molecular complexity index is 1220. The van der Waals surface area contributed by atoms with Crippen LogP contribution in [0.2, 0.25) is 0 Å². The van der Waals surface area contributed by atoms with E-state index in [1.165, 1.54) is 22.6 Å². The number of benzene rings is 1. The third kappa shape index (κ3) is 2.56. The highest BCUT2D eigenvalue weighted by Crippen LogP contribution is 2.38. The van der Waals surface area contributed by atoms with Gasteiger partial charge in [0.25, 0.3) is 5.56 Å². The van der Waals surface area contributed by atoms with E-state index in [-0.39, 0.29) is 16.9 Å². The zero-order valence-corrected chi connectivity index (χ0v) is 17.1. The van der Waals surface area contributed by atoms with E-state index < -0.39 is 5.82 Å². The van der Waals surface area contributed by atoms with Gasteiger partial charge in [0.05, 0.1) is 11.2 Å². The lowest BCUT2D eigenvalue weighted by molar-refractivity contribution is 0.616. The first-order chi connectivity index (χ1) is 13.0. The second kappa shape index (κ2) is 6.10. The van der Waals surface area contributed by atoms with Crippen molar-refractivity contribution in [1.29, 1.82) is 0 Å². The average Bonchev–Trinajstić information content (AvgIpc) is 3.23. The van der Waals surface area contributed by atoms with Crippen molar-refractivity contribution in [3.05, 3.63) is 60.6 Å². The zero-order chi connectivity index (χ0) is 18.9. The Morgan fingerprint density at radius 2 is 2.00 bits per heavy atom. The molecule has 1 aliphatic heterocycles. The Hall–Kier alpha value is -1.80. The number of pyridine rings is 1. The first-order valence-corrected chi connectivity index (χ1v) is 10.6. The first kappa shape index (κ1) is 17.3. The second-order valence-electron chi connectivity index (χ2n) is 7.14. The van der Waals surface area contributed by atoms with Crippen LogP contribution in [-0.2, 0) is 13.0 Å². The molecule has 0 radical (unpaired) electrons. The summed E-state index contributed by atoms with van der Waals surface area (Å²) in [5.74, 6) is -0.498. The molecule has 5 rings (SSSR count). The topological polar surface area (TPSA) is 48.9 Å². The maximum absolute atomic E-state index is 14.7. The molecule has 5 nitrogen and oxygen atoms in total. The zero-order valence-electron chi connectivity index (χ0n) is 14.7. The van der Waals surface area contributed by atoms with E-state index in [0.717, 1.165) is 36.9 Å². The SMILES string of the molecule is Cc1c(=O)n2c(c3c1n(-c1ccc(Br)cc1F)c(=O)n3SC1CC1)CCC2. The molecule has 0 amide bonds. The smallest absolute Gasteiger partial charge is 0.310 e. The molecule has 0 saturated heterocycles. The van der Waals surface area contributed by atoms with Gasteiger partial charge in [-0.3, -0.25) is 9.36 Å². The predicted molar refractivity (Wildman–Crippen MR) is 109 cm³/mol. The standard InChI is InChI=1S/C19H17BrFN3O2S/c1-10-16-17(15-3-2-8-22(15)18(10)25)24(27-12-5-6-12)19(26)23(16)14-7-4-11(20)9-13(14)21/h4,7,9,12H,2-3,5-6,8H2,1H3. The van der Waals surface area contributed by atoms with Crippen molar-refractivity contribution < 1.29 is 4.39 Å². The number of fused-ring (bicyclic) bond motifs is 3. The van der Waals surface area contributed by atoms with E-state index in [4.69, 9.17) is 0 Å². The maximum Gasteiger partial charge on any atom is 0.344 e. The molecule has 3 heterocycles. The summed E-state index contributed by atoms with van der Waals surface area (Å²) >= 11 is 4.77. The van der Waals surface area contributed by atoms with Gasteiger partial charge in [-0.25, -0.2) is 13.2 Å². The monoisotopic (exact) mass is 449 g/mol. The number of aromatic nitrogens is 3. The van der Waals surface area contributed by atoms with Crippen LogP contribution in [0.4, 0.5) is 4.39 Å². The summed E-state index contributed by atoms with van der Waals surface area (Å²) in [6.07, 6.45) is 3.78. The third-order valence-corrected chi connectivity index (χ3v) is 7.07. The number of aryl methyl sites for hydroxylation is 2. The number of imidazole rings is 1. The minimum absolute atomic E-state index is 0.0881. The summed E-state index contributed by atoms with van der Waals surface area (Å²) in [6, 6.07) is 4.63. The second-order valence-corrected chi connectivity index (χ2v) is 9.30. The molecular weight excluding hydrogens is 433 g/mol. The molecular formula is C19H17BrFN3O2S. The van der Waals surface area contributed by atoms with Crippen LogP contribution in [0.25, 0.3) is 16.7 Å². The largest absolute Gasteiger partial charge is 0.344 e. The van der Waals surface area contributed by atoms with E-state index in [1.807, 2.05) is 0 Å². The van der Waals surface area contributed by atoms with Gasteiger partial charge >= 0.3 is 5.69 Å². The van der Waals surface area contributed by atoms with Crippen LogP contribution in [0.3, 0.4) is 0 Å². The summed E-state index contributed by atoms with van der Waals surface area (Å²) in [6.45, 7) is 2.40. The van der Waals surface area contributed by atoms with Gasteiger partial charge in [0.2, 0.25) is 0 Å². The minimum Gasteiger partial charge on any atom is -0.310 e. The predicted octanol–water partition coefficient (Wildman–Crippen LogP) is 3.77. The third-order valence-electron chi connectivity index (χ3n) is 5.26. The minimum atomic E-state index is -0.498. The van der Waals surface area contributed by atoms with Crippen molar-refractivity contribution >= 4 is 38.9 Å². The lowest BCUT2D eigenvalue weighted by atomic mass is 10.2. The molecule has 0 N–H and O–H groups in total. The lowest BCUT2D eigenvalue weighted by Gasteiger charge is -2.11. The molecule has 27 heavy (non-hydrogen) atoms. The Morgan fingerprint density at radius 3 is 2.70 bits per heavy atom. The van der Waals surface area contributed by atoms with Crippen LogP contribution in [0.15, 0.2) is 32.3 Å². The average molecular weight is 450 g/mol. The molecule has 2 aliphatic rings. The molecule has 140 valence electrons. The van der Waals surface area contributed by atoms with Gasteiger partial charge in [0.1, 0.15) is 11.3 Å². The highest BCUT2D eigenvalue weighted by molar-refractivity contribution is 9.10. The van der Waals surface area contributed by atoms with Gasteiger partial charge in [0.15, 0.2) is 0 Å². The van der Waals surface area contributed by atoms with Crippen LogP contribution in [0.1, 0.15) is 30.5 Å².